The third kappa shape index (κ3) is 3.21. The van der Waals surface area contributed by atoms with E-state index in [-0.39, 0.29) is 5.91 Å². The summed E-state index contributed by atoms with van der Waals surface area (Å²) in [5, 5.41) is 6.99. The average molecular weight is 330 g/mol. The minimum Gasteiger partial charge on any atom is -0.497 e. The molecule has 128 valence electrons. The second-order valence-corrected chi connectivity index (χ2v) is 5.68. The molecule has 1 aromatic heterocycles. The first-order valence-corrected chi connectivity index (χ1v) is 8.12. The first kappa shape index (κ1) is 16.3. The maximum absolute atomic E-state index is 12.6. The molecular weight excluding hydrogens is 308 g/mol. The molecule has 0 radical (unpaired) electrons. The van der Waals surface area contributed by atoms with Crippen molar-refractivity contribution in [2.24, 2.45) is 5.73 Å². The van der Waals surface area contributed by atoms with Gasteiger partial charge in [0.1, 0.15) is 11.3 Å². The molecule has 24 heavy (non-hydrogen) atoms. The Balaban J connectivity index is 1.99. The summed E-state index contributed by atoms with van der Waals surface area (Å²) >= 11 is 0. The van der Waals surface area contributed by atoms with Crippen molar-refractivity contribution in [3.8, 4) is 17.1 Å². The predicted molar refractivity (Wildman–Crippen MR) is 91.3 cm³/mol. The summed E-state index contributed by atoms with van der Waals surface area (Å²) in [5.41, 5.74) is 6.75. The molecule has 2 aromatic rings. The lowest BCUT2D eigenvalue weighted by atomic mass is 10.1. The van der Waals surface area contributed by atoms with Gasteiger partial charge < -0.3 is 25.2 Å². The van der Waals surface area contributed by atoms with Crippen molar-refractivity contribution in [1.29, 1.82) is 0 Å². The van der Waals surface area contributed by atoms with Gasteiger partial charge in [-0.1, -0.05) is 5.16 Å². The Morgan fingerprint density at radius 3 is 2.67 bits per heavy atom. The van der Waals surface area contributed by atoms with Crippen molar-refractivity contribution in [2.45, 2.75) is 12.8 Å². The smallest absolute Gasteiger partial charge is 0.259 e. The van der Waals surface area contributed by atoms with Gasteiger partial charge in [0, 0.05) is 31.7 Å². The van der Waals surface area contributed by atoms with Crippen molar-refractivity contribution in [3.05, 3.63) is 29.8 Å². The van der Waals surface area contributed by atoms with E-state index in [4.69, 9.17) is 15.0 Å². The van der Waals surface area contributed by atoms with Crippen molar-refractivity contribution in [3.63, 3.8) is 0 Å². The Kier molecular flexibility index (Phi) is 5.00. The molecule has 3 N–H and O–H groups in total. The van der Waals surface area contributed by atoms with E-state index >= 15 is 0 Å². The molecule has 0 bridgehead atoms. The lowest BCUT2D eigenvalue weighted by Crippen LogP contribution is -2.31. The number of carbonyl (C=O) groups excluding carboxylic acids is 1. The topological polar surface area (TPSA) is 93.6 Å². The molecule has 3 rings (SSSR count). The van der Waals surface area contributed by atoms with Gasteiger partial charge in [-0.05, 0) is 37.1 Å². The van der Waals surface area contributed by atoms with E-state index < -0.39 is 0 Å². The number of hydrogen-bond donors (Lipinski definition) is 2. The van der Waals surface area contributed by atoms with Gasteiger partial charge >= 0.3 is 0 Å². The van der Waals surface area contributed by atoms with E-state index in [1.54, 1.807) is 7.11 Å². The van der Waals surface area contributed by atoms with Crippen LogP contribution < -0.4 is 20.7 Å². The predicted octanol–water partition coefficient (Wildman–Crippen LogP) is 1.64. The van der Waals surface area contributed by atoms with E-state index in [0.29, 0.717) is 30.2 Å². The van der Waals surface area contributed by atoms with Crippen molar-refractivity contribution < 1.29 is 14.1 Å². The molecule has 1 amide bonds. The van der Waals surface area contributed by atoms with Crippen LogP contribution in [0.3, 0.4) is 0 Å². The van der Waals surface area contributed by atoms with E-state index in [1.807, 2.05) is 24.3 Å². The Morgan fingerprint density at radius 1 is 1.33 bits per heavy atom. The van der Waals surface area contributed by atoms with Gasteiger partial charge in [-0.15, -0.1) is 0 Å². The number of hydrogen-bond acceptors (Lipinski definition) is 6. The van der Waals surface area contributed by atoms with Gasteiger partial charge in [-0.2, -0.15) is 0 Å². The quantitative estimate of drug-likeness (QED) is 0.836. The number of anilines is 1. The number of carbonyl (C=O) groups is 1. The Morgan fingerprint density at radius 2 is 2.04 bits per heavy atom. The summed E-state index contributed by atoms with van der Waals surface area (Å²) in [5.74, 6) is 1.60. The SMILES string of the molecule is COc1ccc(-c2onc(N3CCCC3)c2C(=O)NCCN)cc1. The van der Waals surface area contributed by atoms with Crippen LogP contribution in [-0.2, 0) is 0 Å². The highest BCUT2D eigenvalue weighted by atomic mass is 16.5. The maximum atomic E-state index is 12.6. The summed E-state index contributed by atoms with van der Waals surface area (Å²) in [6.45, 7) is 2.55. The number of aromatic nitrogens is 1. The standard InChI is InChI=1S/C17H22N4O3/c1-23-13-6-4-12(5-7-13)15-14(17(22)19-9-8-18)16(20-24-15)21-10-2-3-11-21/h4-7H,2-3,8-11,18H2,1H3,(H,19,22). The Bertz CT molecular complexity index is 690. The molecule has 1 saturated heterocycles. The van der Waals surface area contributed by atoms with E-state index in [1.165, 1.54) is 0 Å². The monoisotopic (exact) mass is 330 g/mol. The number of ether oxygens (including phenoxy) is 1. The summed E-state index contributed by atoms with van der Waals surface area (Å²) in [4.78, 5) is 14.7. The van der Waals surface area contributed by atoms with Crippen LogP contribution >= 0.6 is 0 Å². The fourth-order valence-electron chi connectivity index (χ4n) is 2.84. The number of nitrogens with one attached hydrogen (secondary N) is 1. The lowest BCUT2D eigenvalue weighted by Gasteiger charge is -2.15. The van der Waals surface area contributed by atoms with Crippen LogP contribution in [-0.4, -0.2) is 44.4 Å². The number of nitrogens with two attached hydrogens (primary N) is 1. The van der Waals surface area contributed by atoms with Crippen molar-refractivity contribution in [2.75, 3.05) is 38.2 Å². The van der Waals surface area contributed by atoms with Crippen LogP contribution in [0.4, 0.5) is 5.82 Å². The second kappa shape index (κ2) is 7.35. The van der Waals surface area contributed by atoms with Crippen LogP contribution in [0.1, 0.15) is 23.2 Å². The Hall–Kier alpha value is -2.54. The van der Waals surface area contributed by atoms with E-state index in [0.717, 1.165) is 37.2 Å². The zero-order valence-electron chi connectivity index (χ0n) is 13.7. The summed E-state index contributed by atoms with van der Waals surface area (Å²) in [6, 6.07) is 7.36. The highest BCUT2D eigenvalue weighted by molar-refractivity contribution is 6.04. The van der Waals surface area contributed by atoms with Crippen molar-refractivity contribution in [1.82, 2.24) is 10.5 Å². The maximum Gasteiger partial charge on any atom is 0.259 e. The van der Waals surface area contributed by atoms with E-state index in [2.05, 4.69) is 15.4 Å². The zero-order valence-corrected chi connectivity index (χ0v) is 13.7. The number of rotatable bonds is 6. The molecule has 0 saturated carbocycles. The summed E-state index contributed by atoms with van der Waals surface area (Å²) in [7, 11) is 1.61. The summed E-state index contributed by atoms with van der Waals surface area (Å²) in [6.07, 6.45) is 2.18. The number of methoxy groups -OCH3 is 1. The van der Waals surface area contributed by atoms with Crippen LogP contribution in [0.25, 0.3) is 11.3 Å². The molecule has 1 aliphatic rings. The molecule has 0 atom stereocenters. The van der Waals surface area contributed by atoms with Crippen LogP contribution in [0.5, 0.6) is 5.75 Å². The van der Waals surface area contributed by atoms with Gasteiger partial charge in [-0.25, -0.2) is 0 Å². The molecule has 2 heterocycles. The minimum atomic E-state index is -0.214. The number of amides is 1. The largest absolute Gasteiger partial charge is 0.497 e. The fraction of sp³-hybridized carbons (Fsp3) is 0.412. The molecule has 1 aromatic carbocycles. The third-order valence-electron chi connectivity index (χ3n) is 4.09. The first-order chi connectivity index (χ1) is 11.7. The van der Waals surface area contributed by atoms with Gasteiger partial charge in [0.05, 0.1) is 7.11 Å². The lowest BCUT2D eigenvalue weighted by molar-refractivity contribution is 0.0955. The molecule has 0 unspecified atom stereocenters. The van der Waals surface area contributed by atoms with Gasteiger partial charge in [-0.3, -0.25) is 4.79 Å². The van der Waals surface area contributed by atoms with E-state index in [9.17, 15) is 4.79 Å². The highest BCUT2D eigenvalue weighted by Crippen LogP contribution is 2.33. The molecule has 1 aliphatic heterocycles. The molecule has 7 heteroatoms. The fourth-order valence-corrected chi connectivity index (χ4v) is 2.84. The Labute approximate surface area is 140 Å². The average Bonchev–Trinajstić information content (AvgIpc) is 3.28. The minimum absolute atomic E-state index is 0.214. The van der Waals surface area contributed by atoms with Crippen LogP contribution in [0.2, 0.25) is 0 Å². The zero-order chi connectivity index (χ0) is 16.9. The van der Waals surface area contributed by atoms with Gasteiger partial charge in [0.25, 0.3) is 5.91 Å². The van der Waals surface area contributed by atoms with Crippen molar-refractivity contribution >= 4 is 11.7 Å². The normalized spacial score (nSPS) is 14.0. The van der Waals surface area contributed by atoms with Crippen LogP contribution in [0, 0.1) is 0 Å². The van der Waals surface area contributed by atoms with Crippen LogP contribution in [0.15, 0.2) is 28.8 Å². The molecule has 1 fully saturated rings. The summed E-state index contributed by atoms with van der Waals surface area (Å²) < 4.78 is 10.7. The molecular formula is C17H22N4O3. The third-order valence-corrected chi connectivity index (χ3v) is 4.09. The van der Waals surface area contributed by atoms with Gasteiger partial charge in [0.2, 0.25) is 0 Å². The second-order valence-electron chi connectivity index (χ2n) is 5.68. The highest BCUT2D eigenvalue weighted by Gasteiger charge is 2.28. The molecule has 7 nitrogen and oxygen atoms in total. The van der Waals surface area contributed by atoms with Gasteiger partial charge in [0.15, 0.2) is 11.6 Å². The molecule has 0 spiro atoms. The number of nitrogens with zero attached hydrogens (tertiary/aromatic N) is 2. The first-order valence-electron chi connectivity index (χ1n) is 8.12. The molecule has 0 aliphatic carbocycles. The number of benzene rings is 1.